The topological polar surface area (TPSA) is 6.48 Å². The predicted molar refractivity (Wildman–Crippen MR) is 201 cm³/mol. The molecular formula is C41H63BN2. The van der Waals surface area contributed by atoms with Gasteiger partial charge in [0.25, 0.3) is 0 Å². The van der Waals surface area contributed by atoms with Crippen LogP contribution in [0.3, 0.4) is 0 Å². The molecule has 3 aliphatic heterocycles. The fourth-order valence-electron chi connectivity index (χ4n) is 7.98. The van der Waals surface area contributed by atoms with Crippen LogP contribution in [0.5, 0.6) is 0 Å². The lowest BCUT2D eigenvalue weighted by atomic mass is 9.35. The Bertz CT molecular complexity index is 1210. The Morgan fingerprint density at radius 3 is 1.84 bits per heavy atom. The first-order valence-corrected chi connectivity index (χ1v) is 18.8. The molecule has 3 aromatic rings. The van der Waals surface area contributed by atoms with Crippen molar-refractivity contribution < 1.29 is 0 Å². The highest BCUT2D eigenvalue weighted by atomic mass is 15.2. The van der Waals surface area contributed by atoms with Gasteiger partial charge in [-0.25, -0.2) is 0 Å². The van der Waals surface area contributed by atoms with Crippen molar-refractivity contribution in [1.29, 1.82) is 0 Å². The van der Waals surface area contributed by atoms with Crippen molar-refractivity contribution >= 4 is 40.4 Å². The molecule has 0 aromatic heterocycles. The molecule has 2 nitrogen and oxygen atoms in total. The minimum absolute atomic E-state index is 0.530. The molecule has 44 heavy (non-hydrogen) atoms. The first kappa shape index (κ1) is 35.8. The van der Waals surface area contributed by atoms with E-state index in [1.54, 1.807) is 22.2 Å². The molecule has 240 valence electrons. The fourth-order valence-corrected chi connectivity index (χ4v) is 7.98. The molecule has 3 heteroatoms. The second-order valence-electron chi connectivity index (χ2n) is 11.7. The summed E-state index contributed by atoms with van der Waals surface area (Å²) in [7, 11) is 0. The number of fused-ring (bicyclic) bond motifs is 4. The monoisotopic (exact) mass is 595 g/mol. The maximum absolute atomic E-state index is 2.79. The van der Waals surface area contributed by atoms with Crippen molar-refractivity contribution in [3.8, 4) is 0 Å². The molecule has 0 saturated heterocycles. The van der Waals surface area contributed by atoms with Gasteiger partial charge in [-0.3, -0.25) is 0 Å². The molecule has 0 bridgehead atoms. The van der Waals surface area contributed by atoms with Gasteiger partial charge in [0.1, 0.15) is 0 Å². The second kappa shape index (κ2) is 19.0. The third-order valence-electron chi connectivity index (χ3n) is 9.62. The molecule has 3 heterocycles. The van der Waals surface area contributed by atoms with Crippen molar-refractivity contribution in [2.24, 2.45) is 5.92 Å². The van der Waals surface area contributed by atoms with Gasteiger partial charge in [-0.2, -0.15) is 0 Å². The predicted octanol–water partition coefficient (Wildman–Crippen LogP) is 11.5. The van der Waals surface area contributed by atoms with Gasteiger partial charge < -0.3 is 9.80 Å². The zero-order valence-corrected chi connectivity index (χ0v) is 29.7. The summed E-state index contributed by atoms with van der Waals surface area (Å²) in [5.74, 6) is 0.808. The van der Waals surface area contributed by atoms with Gasteiger partial charge in [-0.15, -0.1) is 0 Å². The molecule has 3 aromatic carbocycles. The Balaban J connectivity index is 0.000000325. The van der Waals surface area contributed by atoms with E-state index in [1.165, 1.54) is 94.0 Å². The van der Waals surface area contributed by atoms with Crippen molar-refractivity contribution in [2.75, 3.05) is 16.3 Å². The van der Waals surface area contributed by atoms with Crippen molar-refractivity contribution in [3.63, 3.8) is 0 Å². The van der Waals surface area contributed by atoms with Crippen LogP contribution in [0, 0.1) is 5.92 Å². The number of anilines is 4. The third-order valence-corrected chi connectivity index (χ3v) is 9.62. The van der Waals surface area contributed by atoms with Crippen LogP contribution in [0.15, 0.2) is 66.7 Å². The van der Waals surface area contributed by atoms with Gasteiger partial charge in [0.2, 0.25) is 6.71 Å². The van der Waals surface area contributed by atoms with E-state index in [-0.39, 0.29) is 0 Å². The molecule has 2 aliphatic carbocycles. The molecule has 0 N–H and O–H groups in total. The van der Waals surface area contributed by atoms with Crippen molar-refractivity contribution in [3.05, 3.63) is 72.3 Å². The molecule has 2 atom stereocenters. The highest BCUT2D eigenvalue weighted by Gasteiger charge is 2.45. The van der Waals surface area contributed by atoms with Crippen LogP contribution < -0.4 is 20.7 Å². The van der Waals surface area contributed by atoms with Gasteiger partial charge in [0.05, 0.1) is 0 Å². The Labute approximate surface area is 272 Å². The van der Waals surface area contributed by atoms with E-state index in [0.29, 0.717) is 12.8 Å². The molecule has 5 aliphatic rings. The first-order chi connectivity index (χ1) is 21.9. The highest BCUT2D eigenvalue weighted by molar-refractivity contribution is 6.89. The molecule has 2 unspecified atom stereocenters. The number of hydrogen-bond donors (Lipinski definition) is 0. The van der Waals surface area contributed by atoms with E-state index in [4.69, 9.17) is 0 Å². The minimum atomic E-state index is 0.530. The lowest BCUT2D eigenvalue weighted by Gasteiger charge is -2.52. The molecule has 2 saturated carbocycles. The lowest BCUT2D eigenvalue weighted by Crippen LogP contribution is -2.60. The zero-order chi connectivity index (χ0) is 31.9. The Kier molecular flexibility index (Phi) is 15.4. The largest absolute Gasteiger partial charge is 0.343 e. The smallest absolute Gasteiger partial charge is 0.219 e. The van der Waals surface area contributed by atoms with Crippen molar-refractivity contribution in [1.82, 2.24) is 0 Å². The summed E-state index contributed by atoms with van der Waals surface area (Å²) in [6, 6.07) is 25.9. The number of nitrogens with zero attached hydrogens (tertiary/aromatic N) is 2. The van der Waals surface area contributed by atoms with Gasteiger partial charge >= 0.3 is 0 Å². The van der Waals surface area contributed by atoms with Crippen LogP contribution in [0.4, 0.5) is 22.7 Å². The van der Waals surface area contributed by atoms with Crippen molar-refractivity contribution in [2.45, 2.75) is 138 Å². The van der Waals surface area contributed by atoms with E-state index in [9.17, 15) is 0 Å². The van der Waals surface area contributed by atoms with Gasteiger partial charge in [-0.05, 0) is 66.8 Å². The first-order valence-electron chi connectivity index (χ1n) is 18.8. The summed E-state index contributed by atoms with van der Waals surface area (Å²) in [6.07, 6.45) is 17.0. The second-order valence-corrected chi connectivity index (χ2v) is 11.7. The number of rotatable bonds is 1. The normalized spacial score (nSPS) is 19.9. The van der Waals surface area contributed by atoms with Gasteiger partial charge in [0, 0.05) is 35.3 Å². The van der Waals surface area contributed by atoms with Crippen LogP contribution in [0.2, 0.25) is 6.32 Å². The van der Waals surface area contributed by atoms with E-state index in [1.807, 2.05) is 55.4 Å². The standard InChI is InChI=1S/C27H27BN2.C6H12.4C2H6/c1-2-10-21(11-3-1)29-17-16-28-22-12-6-9-20-18-19-8-4-5-13-23(19)30(27(20)22)25-15-7-14-24(29)26(25)28;1-2-4-6-5-3-1;4*1-2/h1-3,6-7,9-12,14-15,19,23H,4-5,8,13,16-18H2;1-6H2;4*1-2H3. The number of hydrogen-bond acceptors (Lipinski definition) is 2. The molecule has 2 fully saturated rings. The summed E-state index contributed by atoms with van der Waals surface area (Å²) in [5.41, 5.74) is 10.6. The molecule has 8 rings (SSSR count). The SMILES string of the molecule is C1CCCCC1.CC.CC.CC.CC.c1ccc(N2CCB3c4cccc5c4N(c4cccc2c43)C2CCCCC2C5)cc1. The van der Waals surface area contributed by atoms with E-state index in [0.717, 1.165) is 12.5 Å². The zero-order valence-electron chi connectivity index (χ0n) is 29.7. The summed E-state index contributed by atoms with van der Waals surface area (Å²) in [5, 5.41) is 0. The molecular weight excluding hydrogens is 531 g/mol. The fraction of sp³-hybridized carbons (Fsp3) is 0.561. The molecule has 0 amide bonds. The quantitative estimate of drug-likeness (QED) is 0.259. The molecule has 0 spiro atoms. The summed E-state index contributed by atoms with van der Waals surface area (Å²) in [6.45, 7) is 17.6. The average Bonchev–Trinajstić information content (AvgIpc) is 3.14. The van der Waals surface area contributed by atoms with Crippen LogP contribution in [-0.2, 0) is 6.42 Å². The summed E-state index contributed by atoms with van der Waals surface area (Å²) in [4.78, 5) is 5.34. The van der Waals surface area contributed by atoms with E-state index >= 15 is 0 Å². The number of benzene rings is 3. The molecule has 0 radical (unpaired) electrons. The lowest BCUT2D eigenvalue weighted by molar-refractivity contribution is 0.293. The minimum Gasteiger partial charge on any atom is -0.343 e. The maximum atomic E-state index is 2.79. The summed E-state index contributed by atoms with van der Waals surface area (Å²) >= 11 is 0. The highest BCUT2D eigenvalue weighted by Crippen LogP contribution is 2.47. The van der Waals surface area contributed by atoms with E-state index in [2.05, 4.69) is 76.5 Å². The van der Waals surface area contributed by atoms with Crippen LogP contribution in [0.1, 0.15) is 125 Å². The Hall–Kier alpha value is -2.68. The van der Waals surface area contributed by atoms with Gasteiger partial charge in [0.15, 0.2) is 0 Å². The maximum Gasteiger partial charge on any atom is 0.219 e. The third kappa shape index (κ3) is 7.57. The van der Waals surface area contributed by atoms with Crippen LogP contribution >= 0.6 is 0 Å². The van der Waals surface area contributed by atoms with E-state index < -0.39 is 0 Å². The average molecular weight is 595 g/mol. The van der Waals surface area contributed by atoms with Gasteiger partial charge in [-0.1, -0.05) is 155 Å². The number of para-hydroxylation sites is 2. The Morgan fingerprint density at radius 1 is 0.591 bits per heavy atom. The van der Waals surface area contributed by atoms with Crippen LogP contribution in [0.25, 0.3) is 0 Å². The summed E-state index contributed by atoms with van der Waals surface area (Å²) < 4.78 is 0. The Morgan fingerprint density at radius 2 is 1.18 bits per heavy atom. The van der Waals surface area contributed by atoms with Crippen LogP contribution in [-0.4, -0.2) is 19.3 Å².